The van der Waals surface area contributed by atoms with Gasteiger partial charge in [-0.3, -0.25) is 13.7 Å². The summed E-state index contributed by atoms with van der Waals surface area (Å²) in [4.78, 5) is 11.2. The molecule has 2 heterocycles. The Balaban J connectivity index is 2.41. The van der Waals surface area contributed by atoms with Gasteiger partial charge in [-0.25, -0.2) is 8.98 Å². The van der Waals surface area contributed by atoms with Gasteiger partial charge in [0.1, 0.15) is 24.4 Å². The summed E-state index contributed by atoms with van der Waals surface area (Å²) >= 11 is 0. The Bertz CT molecular complexity index is 1150. The van der Waals surface area contributed by atoms with E-state index in [0.717, 1.165) is 0 Å². The molecule has 0 bridgehead atoms. The van der Waals surface area contributed by atoms with Gasteiger partial charge in [0.05, 0.1) is 6.61 Å². The fourth-order valence-electron chi connectivity index (χ4n) is 2.69. The number of carboxylic acids is 1. The van der Waals surface area contributed by atoms with Gasteiger partial charge < -0.3 is 33.7 Å². The zero-order chi connectivity index (χ0) is 26.1. The molecule has 7 N–H and O–H groups in total. The summed E-state index contributed by atoms with van der Waals surface area (Å²) in [7, 11) is -15.5. The molecule has 2 aliphatic heterocycles. The van der Waals surface area contributed by atoms with Gasteiger partial charge in [-0.1, -0.05) is 0 Å². The van der Waals surface area contributed by atoms with E-state index in [4.69, 9.17) is 33.0 Å². The van der Waals surface area contributed by atoms with E-state index in [1.165, 1.54) is 4.72 Å². The summed E-state index contributed by atoms with van der Waals surface area (Å²) < 4.78 is 117. The number of aliphatic carboxylic acids is 1. The molecule has 19 nitrogen and oxygen atoms in total. The van der Waals surface area contributed by atoms with Crippen LogP contribution in [0.1, 0.15) is 0 Å². The van der Waals surface area contributed by atoms with E-state index in [1.54, 1.807) is 0 Å². The molecular formula is C12H17NO18S3. The van der Waals surface area contributed by atoms with Crippen LogP contribution in [0.15, 0.2) is 23.7 Å². The van der Waals surface area contributed by atoms with Crippen molar-refractivity contribution in [2.45, 2.75) is 36.9 Å². The molecule has 0 saturated carbocycles. The predicted molar refractivity (Wildman–Crippen MR) is 99.0 cm³/mol. The molecule has 6 atom stereocenters. The van der Waals surface area contributed by atoms with Crippen molar-refractivity contribution in [3.05, 3.63) is 23.7 Å². The summed E-state index contributed by atoms with van der Waals surface area (Å²) in [5.74, 6) is -3.51. The number of rotatable bonds is 10. The van der Waals surface area contributed by atoms with Crippen molar-refractivity contribution < 1.29 is 81.6 Å². The first-order chi connectivity index (χ1) is 15.4. The van der Waals surface area contributed by atoms with E-state index in [-0.39, 0.29) is 0 Å². The number of hydrogen-bond donors (Lipinski definition) is 7. The van der Waals surface area contributed by atoms with Crippen molar-refractivity contribution in [3.8, 4) is 0 Å². The van der Waals surface area contributed by atoms with E-state index in [1.807, 2.05) is 0 Å². The Morgan fingerprint density at radius 2 is 1.65 bits per heavy atom. The average molecular weight is 559 g/mol. The van der Waals surface area contributed by atoms with E-state index < -0.39 is 92.1 Å². The quantitative estimate of drug-likeness (QED) is 0.126. The average Bonchev–Trinajstić information content (AvgIpc) is 2.64. The molecule has 1 unspecified atom stereocenters. The fraction of sp³-hybridized carbons (Fsp3) is 0.583. The van der Waals surface area contributed by atoms with Crippen LogP contribution in [-0.2, 0) is 58.5 Å². The maximum Gasteiger partial charge on any atom is 0.446 e. The molecule has 0 aromatic carbocycles. The summed E-state index contributed by atoms with van der Waals surface area (Å²) in [5, 5.41) is 29.5. The standard InChI is InChI=1S/C12H17NO18S3/c14-8-7(13-32(18,19)20)11(17)28-6(3-27-33(21,22)23)9(8)30-12-5(31-34(24,25)26)2-1-4(29-12)10(15)16/h1-2,6-9,11-14,17H,3H2,(H,15,16)(H,18,19,20)(H,21,22,23)(H,24,25,26)/t6-,7-,8-,9-,11?,12+/m1/s1. The van der Waals surface area contributed by atoms with Gasteiger partial charge in [0.15, 0.2) is 12.0 Å². The number of aliphatic hydroxyl groups excluding tert-OH is 2. The van der Waals surface area contributed by atoms with Gasteiger partial charge in [-0.2, -0.15) is 30.0 Å². The van der Waals surface area contributed by atoms with Gasteiger partial charge in [0.2, 0.25) is 5.76 Å². The topological polar surface area (TPSA) is 299 Å². The second-order valence-corrected chi connectivity index (χ2v) is 9.65. The third kappa shape index (κ3) is 8.36. The number of carboxylic acid groups (broad SMARTS) is 1. The Labute approximate surface area is 190 Å². The second-order valence-electron chi connectivity index (χ2n) is 6.35. The normalized spacial score (nSPS) is 30.6. The molecule has 1 fully saturated rings. The largest absolute Gasteiger partial charge is 0.475 e. The zero-order valence-electron chi connectivity index (χ0n) is 16.1. The number of nitrogens with one attached hydrogen (secondary N) is 1. The molecule has 2 aliphatic rings. The molecule has 22 heteroatoms. The third-order valence-corrected chi connectivity index (χ3v) is 5.32. The highest BCUT2D eigenvalue weighted by atomic mass is 32.3. The summed E-state index contributed by atoms with van der Waals surface area (Å²) in [6.07, 6.45) is -9.41. The highest BCUT2D eigenvalue weighted by Gasteiger charge is 2.49. The van der Waals surface area contributed by atoms with Gasteiger partial charge in [0, 0.05) is 0 Å². The van der Waals surface area contributed by atoms with Crippen LogP contribution < -0.4 is 4.72 Å². The molecule has 0 aromatic rings. The Hall–Kier alpha value is -1.96. The van der Waals surface area contributed by atoms with Gasteiger partial charge in [-0.05, 0) is 12.2 Å². The van der Waals surface area contributed by atoms with Crippen LogP contribution in [0.5, 0.6) is 0 Å². The Kier molecular flexibility index (Phi) is 8.60. The minimum atomic E-state index is -5.24. The molecule has 0 spiro atoms. The summed E-state index contributed by atoms with van der Waals surface area (Å²) in [6, 6.07) is -2.10. The lowest BCUT2D eigenvalue weighted by Crippen LogP contribution is -2.65. The van der Waals surface area contributed by atoms with E-state index >= 15 is 0 Å². The minimum absolute atomic E-state index is 0.661. The van der Waals surface area contributed by atoms with Crippen molar-refractivity contribution in [2.24, 2.45) is 0 Å². The van der Waals surface area contributed by atoms with Crippen LogP contribution in [0, 0.1) is 0 Å². The highest BCUT2D eigenvalue weighted by Crippen LogP contribution is 2.29. The van der Waals surface area contributed by atoms with E-state index in [9.17, 15) is 40.3 Å². The molecule has 1 saturated heterocycles. The first kappa shape index (κ1) is 28.3. The lowest BCUT2D eigenvalue weighted by atomic mass is 9.97. The molecule has 0 amide bonds. The number of carbonyl (C=O) groups is 1. The van der Waals surface area contributed by atoms with E-state index in [2.05, 4.69) is 8.37 Å². The molecule has 196 valence electrons. The van der Waals surface area contributed by atoms with Crippen molar-refractivity contribution >= 4 is 37.1 Å². The number of allylic oxidation sites excluding steroid dienone is 2. The smallest absolute Gasteiger partial charge is 0.446 e. The summed E-state index contributed by atoms with van der Waals surface area (Å²) in [5.41, 5.74) is 0. The Morgan fingerprint density at radius 3 is 2.15 bits per heavy atom. The van der Waals surface area contributed by atoms with Crippen LogP contribution >= 0.6 is 0 Å². The minimum Gasteiger partial charge on any atom is -0.475 e. The molecule has 0 aromatic heterocycles. The predicted octanol–water partition coefficient (Wildman–Crippen LogP) is -3.94. The van der Waals surface area contributed by atoms with Crippen LogP contribution in [0.2, 0.25) is 0 Å². The van der Waals surface area contributed by atoms with Crippen molar-refractivity contribution in [1.29, 1.82) is 0 Å². The molecule has 34 heavy (non-hydrogen) atoms. The zero-order valence-corrected chi connectivity index (χ0v) is 18.6. The van der Waals surface area contributed by atoms with Gasteiger partial charge in [-0.15, -0.1) is 0 Å². The number of hydrogen-bond acceptors (Lipinski definition) is 14. The van der Waals surface area contributed by atoms with Crippen molar-refractivity contribution in [2.75, 3.05) is 6.61 Å². The van der Waals surface area contributed by atoms with Crippen LogP contribution in [0.25, 0.3) is 0 Å². The maximum atomic E-state index is 11.2. The maximum absolute atomic E-state index is 11.2. The number of ether oxygens (including phenoxy) is 3. The lowest BCUT2D eigenvalue weighted by Gasteiger charge is -2.43. The third-order valence-electron chi connectivity index (χ3n) is 3.92. The molecular weight excluding hydrogens is 542 g/mol. The van der Waals surface area contributed by atoms with Crippen LogP contribution in [-0.4, -0.2) is 104 Å². The van der Waals surface area contributed by atoms with Gasteiger partial charge >= 0.3 is 37.1 Å². The second kappa shape index (κ2) is 10.3. The molecule has 0 radical (unpaired) electrons. The fourth-order valence-corrected chi connectivity index (χ4v) is 3.97. The van der Waals surface area contributed by atoms with E-state index in [0.29, 0.717) is 12.2 Å². The molecule has 2 rings (SSSR count). The summed E-state index contributed by atoms with van der Waals surface area (Å²) in [6.45, 7) is -1.21. The van der Waals surface area contributed by atoms with Crippen LogP contribution in [0.4, 0.5) is 0 Å². The van der Waals surface area contributed by atoms with Crippen LogP contribution in [0.3, 0.4) is 0 Å². The monoisotopic (exact) mass is 559 g/mol. The lowest BCUT2D eigenvalue weighted by molar-refractivity contribution is -0.285. The first-order valence-corrected chi connectivity index (χ1v) is 12.6. The van der Waals surface area contributed by atoms with Crippen molar-refractivity contribution in [3.63, 3.8) is 0 Å². The Morgan fingerprint density at radius 1 is 1.03 bits per heavy atom. The van der Waals surface area contributed by atoms with Crippen molar-refractivity contribution in [1.82, 2.24) is 4.72 Å². The highest BCUT2D eigenvalue weighted by molar-refractivity contribution is 7.83. The van der Waals surface area contributed by atoms with Gasteiger partial charge in [0.25, 0.3) is 6.29 Å². The molecule has 0 aliphatic carbocycles. The SMILES string of the molecule is O=C(O)C1=CC=C(OS(=O)(=O)O)[C@H](O[C@H]2[C@H](O)[C@@H](NS(=O)(=O)O)C(O)O[C@@H]2COS(=O)(=O)O)O1. The first-order valence-electron chi connectivity index (χ1n) is 8.38. The number of aliphatic hydroxyl groups is 2.